The molecule has 0 aromatic rings. The van der Waals surface area contributed by atoms with Gasteiger partial charge in [0.1, 0.15) is 0 Å². The van der Waals surface area contributed by atoms with Crippen LogP contribution in [0.1, 0.15) is 20.3 Å². The highest BCUT2D eigenvalue weighted by molar-refractivity contribution is 5.85. The van der Waals surface area contributed by atoms with Crippen molar-refractivity contribution >= 4 is 18.3 Å². The Morgan fingerprint density at radius 3 is 2.53 bits per heavy atom. The first-order chi connectivity index (χ1) is 6.52. The van der Waals surface area contributed by atoms with Crippen molar-refractivity contribution in [2.45, 2.75) is 32.4 Å². The summed E-state index contributed by atoms with van der Waals surface area (Å²) in [6.07, 6.45) is 1.04. The summed E-state index contributed by atoms with van der Waals surface area (Å²) in [6, 6.07) is -0.0562. The number of amides is 1. The van der Waals surface area contributed by atoms with E-state index in [-0.39, 0.29) is 24.4 Å². The van der Waals surface area contributed by atoms with E-state index >= 15 is 0 Å². The predicted octanol–water partition coefficient (Wildman–Crippen LogP) is 0.308. The van der Waals surface area contributed by atoms with E-state index in [1.54, 1.807) is 6.92 Å². The number of nitrogens with two attached hydrogens (primary N) is 1. The van der Waals surface area contributed by atoms with Crippen LogP contribution in [-0.4, -0.2) is 54.5 Å². The molecular weight excluding hydrogens is 214 g/mol. The molecule has 1 fully saturated rings. The largest absolute Gasteiger partial charge is 0.337 e. The molecular formula is C10H22ClN3O. The molecule has 1 rings (SSSR count). The lowest BCUT2D eigenvalue weighted by Crippen LogP contribution is -2.47. The summed E-state index contributed by atoms with van der Waals surface area (Å²) >= 11 is 0. The van der Waals surface area contributed by atoms with Gasteiger partial charge in [0.05, 0.1) is 6.04 Å². The van der Waals surface area contributed by atoms with E-state index < -0.39 is 0 Å². The quantitative estimate of drug-likeness (QED) is 0.712. The monoisotopic (exact) mass is 235 g/mol. The van der Waals surface area contributed by atoms with Crippen molar-refractivity contribution in [2.24, 2.45) is 5.73 Å². The Morgan fingerprint density at radius 2 is 2.00 bits per heavy atom. The van der Waals surface area contributed by atoms with E-state index in [1.165, 1.54) is 0 Å². The van der Waals surface area contributed by atoms with Gasteiger partial charge in [0, 0.05) is 19.1 Å². The third-order valence-electron chi connectivity index (χ3n) is 2.86. The molecule has 0 bridgehead atoms. The molecule has 0 aromatic heterocycles. The fourth-order valence-electron chi connectivity index (χ4n) is 1.76. The minimum Gasteiger partial charge on any atom is -0.337 e. The molecule has 0 radical (unpaired) electrons. The second-order valence-electron chi connectivity index (χ2n) is 4.26. The maximum absolute atomic E-state index is 11.8. The SMILES string of the molecule is CC1CCN(C)CCN1C(=O)[C@@H](C)N.Cl. The maximum atomic E-state index is 11.8. The van der Waals surface area contributed by atoms with Crippen LogP contribution in [0.25, 0.3) is 0 Å². The van der Waals surface area contributed by atoms with Crippen molar-refractivity contribution in [1.29, 1.82) is 0 Å². The van der Waals surface area contributed by atoms with E-state index in [1.807, 2.05) is 4.90 Å². The summed E-state index contributed by atoms with van der Waals surface area (Å²) in [5.74, 6) is 0.0767. The van der Waals surface area contributed by atoms with Crippen LogP contribution >= 0.6 is 12.4 Å². The molecule has 0 aliphatic carbocycles. The summed E-state index contributed by atoms with van der Waals surface area (Å²) in [5, 5.41) is 0. The van der Waals surface area contributed by atoms with Gasteiger partial charge in [-0.1, -0.05) is 0 Å². The summed E-state index contributed by atoms with van der Waals surface area (Å²) in [4.78, 5) is 15.9. The molecule has 90 valence electrons. The molecule has 1 amide bonds. The Kier molecular flexibility index (Phi) is 6.17. The molecule has 1 heterocycles. The first kappa shape index (κ1) is 14.7. The minimum atomic E-state index is -0.374. The zero-order valence-electron chi connectivity index (χ0n) is 9.77. The zero-order chi connectivity index (χ0) is 10.7. The van der Waals surface area contributed by atoms with Crippen LogP contribution in [0.15, 0.2) is 0 Å². The number of likely N-dealkylation sites (N-methyl/N-ethyl adjacent to an activating group) is 1. The summed E-state index contributed by atoms with van der Waals surface area (Å²) in [5.41, 5.74) is 5.61. The van der Waals surface area contributed by atoms with Gasteiger partial charge in [0.15, 0.2) is 0 Å². The first-order valence-electron chi connectivity index (χ1n) is 5.27. The molecule has 4 nitrogen and oxygen atoms in total. The van der Waals surface area contributed by atoms with Gasteiger partial charge in [-0.25, -0.2) is 0 Å². The normalized spacial score (nSPS) is 25.3. The van der Waals surface area contributed by atoms with Gasteiger partial charge in [-0.3, -0.25) is 4.79 Å². The van der Waals surface area contributed by atoms with Gasteiger partial charge in [-0.15, -0.1) is 12.4 Å². The Bertz CT molecular complexity index is 211. The second-order valence-corrected chi connectivity index (χ2v) is 4.26. The number of hydrogen-bond donors (Lipinski definition) is 1. The van der Waals surface area contributed by atoms with Gasteiger partial charge >= 0.3 is 0 Å². The Balaban J connectivity index is 0.00000196. The fraction of sp³-hybridized carbons (Fsp3) is 0.900. The van der Waals surface area contributed by atoms with E-state index in [0.29, 0.717) is 6.04 Å². The first-order valence-corrected chi connectivity index (χ1v) is 5.27. The van der Waals surface area contributed by atoms with Gasteiger partial charge in [0.25, 0.3) is 0 Å². The van der Waals surface area contributed by atoms with E-state index in [9.17, 15) is 4.79 Å². The van der Waals surface area contributed by atoms with Crippen molar-refractivity contribution < 1.29 is 4.79 Å². The summed E-state index contributed by atoms with van der Waals surface area (Å²) in [6.45, 7) is 6.66. The van der Waals surface area contributed by atoms with E-state index in [2.05, 4.69) is 18.9 Å². The minimum absolute atomic E-state index is 0. The molecule has 1 aliphatic heterocycles. The molecule has 1 saturated heterocycles. The molecule has 2 atom stereocenters. The predicted molar refractivity (Wildman–Crippen MR) is 64.2 cm³/mol. The lowest BCUT2D eigenvalue weighted by Gasteiger charge is -2.28. The Hall–Kier alpha value is -0.320. The number of halogens is 1. The average molecular weight is 236 g/mol. The lowest BCUT2D eigenvalue weighted by atomic mass is 10.2. The number of rotatable bonds is 1. The number of carbonyl (C=O) groups excluding carboxylic acids is 1. The molecule has 0 saturated carbocycles. The van der Waals surface area contributed by atoms with Crippen LogP contribution in [0, 0.1) is 0 Å². The molecule has 1 unspecified atom stereocenters. The second kappa shape index (κ2) is 6.30. The third-order valence-corrected chi connectivity index (χ3v) is 2.86. The molecule has 5 heteroatoms. The summed E-state index contributed by atoms with van der Waals surface area (Å²) in [7, 11) is 2.09. The van der Waals surface area contributed by atoms with Crippen LogP contribution in [0.5, 0.6) is 0 Å². The van der Waals surface area contributed by atoms with E-state index in [0.717, 1.165) is 26.1 Å². The van der Waals surface area contributed by atoms with Crippen LogP contribution < -0.4 is 5.73 Å². The van der Waals surface area contributed by atoms with Gasteiger partial charge in [-0.2, -0.15) is 0 Å². The Morgan fingerprint density at radius 1 is 1.40 bits per heavy atom. The van der Waals surface area contributed by atoms with Crippen molar-refractivity contribution in [1.82, 2.24) is 9.80 Å². The van der Waals surface area contributed by atoms with Gasteiger partial charge in [0.2, 0.25) is 5.91 Å². The highest BCUT2D eigenvalue weighted by Gasteiger charge is 2.25. The number of nitrogens with zero attached hydrogens (tertiary/aromatic N) is 2. The van der Waals surface area contributed by atoms with Crippen molar-refractivity contribution in [2.75, 3.05) is 26.7 Å². The Labute approximate surface area is 98.2 Å². The maximum Gasteiger partial charge on any atom is 0.239 e. The molecule has 0 aromatic carbocycles. The highest BCUT2D eigenvalue weighted by atomic mass is 35.5. The smallest absolute Gasteiger partial charge is 0.239 e. The van der Waals surface area contributed by atoms with Crippen molar-refractivity contribution in [3.63, 3.8) is 0 Å². The van der Waals surface area contributed by atoms with Crippen LogP contribution in [0.4, 0.5) is 0 Å². The topological polar surface area (TPSA) is 49.6 Å². The van der Waals surface area contributed by atoms with Crippen LogP contribution in [0.3, 0.4) is 0 Å². The number of carbonyl (C=O) groups is 1. The standard InChI is InChI=1S/C10H21N3O.ClH/c1-8-4-5-12(3)6-7-13(8)10(14)9(2)11;/h8-9H,4-7,11H2,1-3H3;1H/t8?,9-;/m1./s1. The molecule has 15 heavy (non-hydrogen) atoms. The summed E-state index contributed by atoms with van der Waals surface area (Å²) < 4.78 is 0. The van der Waals surface area contributed by atoms with Crippen molar-refractivity contribution in [3.05, 3.63) is 0 Å². The highest BCUT2D eigenvalue weighted by Crippen LogP contribution is 2.10. The number of hydrogen-bond acceptors (Lipinski definition) is 3. The zero-order valence-corrected chi connectivity index (χ0v) is 10.6. The van der Waals surface area contributed by atoms with Gasteiger partial charge in [-0.05, 0) is 33.9 Å². The molecule has 0 spiro atoms. The van der Waals surface area contributed by atoms with E-state index in [4.69, 9.17) is 5.73 Å². The lowest BCUT2D eigenvalue weighted by molar-refractivity contribution is -0.134. The van der Waals surface area contributed by atoms with Crippen LogP contribution in [-0.2, 0) is 4.79 Å². The van der Waals surface area contributed by atoms with Gasteiger partial charge < -0.3 is 15.5 Å². The average Bonchev–Trinajstić information content (AvgIpc) is 2.28. The molecule has 1 aliphatic rings. The third kappa shape index (κ3) is 3.97. The van der Waals surface area contributed by atoms with Crippen LogP contribution in [0.2, 0.25) is 0 Å². The van der Waals surface area contributed by atoms with Crippen molar-refractivity contribution in [3.8, 4) is 0 Å². The molecule has 2 N–H and O–H groups in total. The fourth-order valence-corrected chi connectivity index (χ4v) is 1.76.